The molecule has 0 spiro atoms. The largest absolute Gasteiger partial charge is 0.481 e. The van der Waals surface area contributed by atoms with Gasteiger partial charge in [0.25, 0.3) is 0 Å². The number of imidazole rings is 1. The fraction of sp³-hybridized carbons (Fsp3) is 0.280. The van der Waals surface area contributed by atoms with E-state index < -0.39 is 5.97 Å². The van der Waals surface area contributed by atoms with E-state index in [-0.39, 0.29) is 0 Å². The van der Waals surface area contributed by atoms with E-state index in [1.54, 1.807) is 0 Å². The highest BCUT2D eigenvalue weighted by molar-refractivity contribution is 9.10. The Morgan fingerprint density at radius 2 is 1.72 bits per heavy atom. The van der Waals surface area contributed by atoms with E-state index in [2.05, 4.69) is 60.1 Å². The number of halogens is 1. The van der Waals surface area contributed by atoms with Gasteiger partial charge in [-0.25, -0.2) is 9.97 Å². The average Bonchev–Trinajstić information content (AvgIpc) is 3.23. The summed E-state index contributed by atoms with van der Waals surface area (Å²) in [5, 5.41) is 9.00. The fourth-order valence-electron chi connectivity index (χ4n) is 4.58. The van der Waals surface area contributed by atoms with Crippen LogP contribution in [0.5, 0.6) is 0 Å². The zero-order valence-corrected chi connectivity index (χ0v) is 19.0. The molecule has 0 atom stereocenters. The highest BCUT2D eigenvalue weighted by Gasteiger charge is 2.24. The number of H-pyrrole nitrogens is 1. The van der Waals surface area contributed by atoms with Crippen molar-refractivity contribution in [3.63, 3.8) is 0 Å². The first kappa shape index (κ1) is 20.8. The number of nitrogens with zero attached hydrogens (tertiary/aromatic N) is 3. The van der Waals surface area contributed by atoms with E-state index in [9.17, 15) is 4.79 Å². The quantitative estimate of drug-likeness (QED) is 0.325. The van der Waals surface area contributed by atoms with Crippen LogP contribution >= 0.6 is 15.9 Å². The van der Waals surface area contributed by atoms with Gasteiger partial charge < -0.3 is 10.1 Å². The normalized spacial score (nSPS) is 18.7. The van der Waals surface area contributed by atoms with Crippen molar-refractivity contribution in [1.82, 2.24) is 19.9 Å². The molecule has 32 heavy (non-hydrogen) atoms. The monoisotopic (exact) mass is 490 g/mol. The molecule has 0 bridgehead atoms. The van der Waals surface area contributed by atoms with Crippen LogP contribution in [0.25, 0.3) is 33.8 Å². The van der Waals surface area contributed by atoms with Crippen LogP contribution in [0.2, 0.25) is 0 Å². The first-order valence-electron chi connectivity index (χ1n) is 10.9. The minimum absolute atomic E-state index is 0.301. The van der Waals surface area contributed by atoms with Gasteiger partial charge in [-0.1, -0.05) is 24.3 Å². The summed E-state index contributed by atoms with van der Waals surface area (Å²) in [4.78, 5) is 27.8. The van der Waals surface area contributed by atoms with Gasteiger partial charge in [-0.05, 0) is 83.3 Å². The van der Waals surface area contributed by atoms with Crippen molar-refractivity contribution in [3.05, 3.63) is 64.9 Å². The topological polar surface area (TPSA) is 91.8 Å². The molecule has 5 rings (SSSR count). The highest BCUT2D eigenvalue weighted by Crippen LogP contribution is 2.37. The minimum atomic E-state index is -0.679. The van der Waals surface area contributed by atoms with E-state index in [0.717, 1.165) is 58.4 Å². The second-order valence-corrected chi connectivity index (χ2v) is 9.27. The van der Waals surface area contributed by atoms with Crippen LogP contribution in [-0.4, -0.2) is 31.0 Å². The standard InChI is InChI=1S/C25H23BrN4O2/c26-22-12-11-21-25(29-22)30-24(28-21)19-9-10-20(27-14-19)18-7-5-17(6-8-18)16-3-1-15(2-4-16)13-23(31)32/h5-12,14-16H,1-4,13H2,(H,31,32)(H,28,29,30). The maximum Gasteiger partial charge on any atom is 0.303 e. The molecule has 0 aliphatic heterocycles. The molecule has 3 heterocycles. The average molecular weight is 491 g/mol. The number of carbonyl (C=O) groups is 1. The van der Waals surface area contributed by atoms with Crippen molar-refractivity contribution < 1.29 is 9.90 Å². The van der Waals surface area contributed by atoms with Gasteiger partial charge in [0, 0.05) is 23.7 Å². The van der Waals surface area contributed by atoms with Crippen LogP contribution in [-0.2, 0) is 4.79 Å². The van der Waals surface area contributed by atoms with E-state index >= 15 is 0 Å². The lowest BCUT2D eigenvalue weighted by Gasteiger charge is -2.28. The Balaban J connectivity index is 1.27. The van der Waals surface area contributed by atoms with Crippen LogP contribution in [0.4, 0.5) is 0 Å². The Morgan fingerprint density at radius 1 is 0.969 bits per heavy atom. The molecular formula is C25H23BrN4O2. The molecule has 3 aromatic heterocycles. The maximum atomic E-state index is 10.9. The second kappa shape index (κ2) is 8.82. The minimum Gasteiger partial charge on any atom is -0.481 e. The lowest BCUT2D eigenvalue weighted by Crippen LogP contribution is -2.16. The first-order valence-corrected chi connectivity index (χ1v) is 11.7. The number of rotatable bonds is 5. The molecule has 0 radical (unpaired) electrons. The van der Waals surface area contributed by atoms with E-state index in [0.29, 0.717) is 23.9 Å². The Kier molecular flexibility index (Phi) is 5.74. The van der Waals surface area contributed by atoms with Crippen LogP contribution in [0.3, 0.4) is 0 Å². The molecule has 2 N–H and O–H groups in total. The Labute approximate surface area is 194 Å². The summed E-state index contributed by atoms with van der Waals surface area (Å²) in [6.45, 7) is 0. The number of nitrogens with one attached hydrogen (secondary N) is 1. The number of fused-ring (bicyclic) bond motifs is 1. The zero-order valence-electron chi connectivity index (χ0n) is 17.5. The molecule has 4 aromatic rings. The molecule has 7 heteroatoms. The van der Waals surface area contributed by atoms with Gasteiger partial charge in [-0.2, -0.15) is 0 Å². The molecular weight excluding hydrogens is 468 g/mol. The third-order valence-electron chi connectivity index (χ3n) is 6.34. The third-order valence-corrected chi connectivity index (χ3v) is 6.78. The number of carboxylic acid groups (broad SMARTS) is 1. The van der Waals surface area contributed by atoms with Gasteiger partial charge in [0.1, 0.15) is 10.4 Å². The number of carboxylic acids is 1. The summed E-state index contributed by atoms with van der Waals surface area (Å²) < 4.78 is 0.758. The Morgan fingerprint density at radius 3 is 2.41 bits per heavy atom. The predicted octanol–water partition coefficient (Wildman–Crippen LogP) is 6.20. The summed E-state index contributed by atoms with van der Waals surface area (Å²) in [6, 6.07) is 16.5. The van der Waals surface area contributed by atoms with Gasteiger partial charge in [0.05, 0.1) is 11.2 Å². The summed E-state index contributed by atoms with van der Waals surface area (Å²) in [5.41, 5.74) is 5.81. The zero-order chi connectivity index (χ0) is 22.1. The lowest BCUT2D eigenvalue weighted by atomic mass is 9.77. The third kappa shape index (κ3) is 4.43. The van der Waals surface area contributed by atoms with Crippen LogP contribution in [0, 0.1) is 5.92 Å². The van der Waals surface area contributed by atoms with Gasteiger partial charge in [-0.3, -0.25) is 9.78 Å². The van der Waals surface area contributed by atoms with Crippen molar-refractivity contribution in [3.8, 4) is 22.6 Å². The first-order chi connectivity index (χ1) is 15.5. The maximum absolute atomic E-state index is 10.9. The molecule has 1 aliphatic rings. The van der Waals surface area contributed by atoms with Gasteiger partial charge in [-0.15, -0.1) is 0 Å². The second-order valence-electron chi connectivity index (χ2n) is 8.46. The number of pyridine rings is 2. The molecule has 0 saturated heterocycles. The molecule has 0 unspecified atom stereocenters. The van der Waals surface area contributed by atoms with Crippen LogP contribution < -0.4 is 0 Å². The summed E-state index contributed by atoms with van der Waals surface area (Å²) in [7, 11) is 0. The molecule has 1 aliphatic carbocycles. The molecule has 162 valence electrons. The lowest BCUT2D eigenvalue weighted by molar-refractivity contribution is -0.138. The number of aromatic amines is 1. The predicted molar refractivity (Wildman–Crippen MR) is 127 cm³/mol. The number of benzene rings is 1. The van der Waals surface area contributed by atoms with Crippen molar-refractivity contribution in [2.45, 2.75) is 38.0 Å². The van der Waals surface area contributed by atoms with Crippen LogP contribution in [0.1, 0.15) is 43.6 Å². The molecule has 1 saturated carbocycles. The van der Waals surface area contributed by atoms with E-state index in [1.165, 1.54) is 5.56 Å². The summed E-state index contributed by atoms with van der Waals surface area (Å²) in [5.74, 6) is 0.917. The smallest absolute Gasteiger partial charge is 0.303 e. The number of aromatic nitrogens is 4. The summed E-state index contributed by atoms with van der Waals surface area (Å²) in [6.07, 6.45) is 6.25. The number of hydrogen-bond donors (Lipinski definition) is 2. The Bertz CT molecular complexity index is 1240. The number of hydrogen-bond acceptors (Lipinski definition) is 4. The van der Waals surface area contributed by atoms with Crippen molar-refractivity contribution >= 4 is 33.1 Å². The SMILES string of the molecule is O=C(O)CC1CCC(c2ccc(-c3ccc(-c4nc5nc(Br)ccc5[nH]4)cn3)cc2)CC1. The van der Waals surface area contributed by atoms with Gasteiger partial charge in [0.2, 0.25) is 0 Å². The van der Waals surface area contributed by atoms with Crippen LogP contribution in [0.15, 0.2) is 59.3 Å². The molecule has 0 amide bonds. The summed E-state index contributed by atoms with van der Waals surface area (Å²) >= 11 is 3.38. The Hall–Kier alpha value is -3.06. The van der Waals surface area contributed by atoms with Crippen molar-refractivity contribution in [2.24, 2.45) is 5.92 Å². The fourth-order valence-corrected chi connectivity index (χ4v) is 4.88. The molecule has 1 aromatic carbocycles. The van der Waals surface area contributed by atoms with Gasteiger partial charge >= 0.3 is 5.97 Å². The molecule has 6 nitrogen and oxygen atoms in total. The van der Waals surface area contributed by atoms with E-state index in [1.807, 2.05) is 30.5 Å². The van der Waals surface area contributed by atoms with Crippen molar-refractivity contribution in [2.75, 3.05) is 0 Å². The van der Waals surface area contributed by atoms with Gasteiger partial charge in [0.15, 0.2) is 5.65 Å². The highest BCUT2D eigenvalue weighted by atomic mass is 79.9. The molecule has 1 fully saturated rings. The van der Waals surface area contributed by atoms with Crippen molar-refractivity contribution in [1.29, 1.82) is 0 Å². The van der Waals surface area contributed by atoms with E-state index in [4.69, 9.17) is 5.11 Å². The number of aliphatic carboxylic acids is 1.